The molecule has 0 aromatic heterocycles. The van der Waals surface area contributed by atoms with E-state index in [9.17, 15) is 0 Å². The summed E-state index contributed by atoms with van der Waals surface area (Å²) in [4.78, 5) is 0. The zero-order valence-corrected chi connectivity index (χ0v) is 17.9. The highest BCUT2D eigenvalue weighted by Crippen LogP contribution is 2.32. The predicted octanol–water partition coefficient (Wildman–Crippen LogP) is 3.81. The third-order valence-electron chi connectivity index (χ3n) is 3.27. The molecule has 0 aromatic carbocycles. The van der Waals surface area contributed by atoms with Crippen LogP contribution in [0.2, 0.25) is 26.2 Å². The van der Waals surface area contributed by atoms with Crippen LogP contribution in [0.3, 0.4) is 0 Å². The van der Waals surface area contributed by atoms with Crippen LogP contribution in [0.4, 0.5) is 0 Å². The van der Waals surface area contributed by atoms with E-state index in [1.165, 1.54) is 0 Å². The summed E-state index contributed by atoms with van der Waals surface area (Å²) in [6.07, 6.45) is 3.54. The van der Waals surface area contributed by atoms with Crippen molar-refractivity contribution in [3.8, 4) is 0 Å². The second-order valence-electron chi connectivity index (χ2n) is 5.68. The molecule has 122 valence electrons. The molecule has 0 radical (unpaired) electrons. The number of rotatable bonds is 5. The van der Waals surface area contributed by atoms with Gasteiger partial charge in [-0.2, -0.15) is 0 Å². The first-order chi connectivity index (χ1) is 10.1. The summed E-state index contributed by atoms with van der Waals surface area (Å²) in [7, 11) is -10.6. The van der Waals surface area contributed by atoms with E-state index in [-0.39, 0.29) is 0 Å². The molecule has 4 nitrogen and oxygen atoms in total. The molecule has 22 heavy (non-hydrogen) atoms. The molecule has 0 N–H and O–H groups in total. The molecule has 1 rings (SSSR count). The van der Waals surface area contributed by atoms with Gasteiger partial charge in [-0.1, -0.05) is 35.8 Å². The Balaban J connectivity index is 3.36. The average molecular weight is 371 g/mol. The molecular formula is C14H26O4Si4. The third kappa shape index (κ3) is 4.70. The van der Waals surface area contributed by atoms with Gasteiger partial charge in [0.2, 0.25) is 0 Å². The van der Waals surface area contributed by atoms with Gasteiger partial charge in [-0.05, 0) is 31.9 Å². The summed E-state index contributed by atoms with van der Waals surface area (Å²) < 4.78 is 25.4. The summed E-state index contributed by atoms with van der Waals surface area (Å²) >= 11 is 0. The van der Waals surface area contributed by atoms with Crippen LogP contribution >= 0.6 is 0 Å². The van der Waals surface area contributed by atoms with E-state index >= 15 is 0 Å². The fourth-order valence-corrected chi connectivity index (χ4v) is 20.3. The normalized spacial score (nSPS) is 43.1. The Hall–Kier alpha value is -0.592. The molecule has 1 fully saturated rings. The zero-order valence-electron chi connectivity index (χ0n) is 13.9. The lowest BCUT2D eigenvalue weighted by Crippen LogP contribution is -2.65. The number of hydrogen-bond acceptors (Lipinski definition) is 4. The maximum atomic E-state index is 6.39. The monoisotopic (exact) mass is 370 g/mol. The van der Waals surface area contributed by atoms with Gasteiger partial charge in [-0.15, -0.1) is 19.7 Å². The Morgan fingerprint density at radius 1 is 0.591 bits per heavy atom. The minimum absolute atomic E-state index is 1.70. The predicted molar refractivity (Wildman–Crippen MR) is 101 cm³/mol. The van der Waals surface area contributed by atoms with Crippen molar-refractivity contribution < 1.29 is 16.5 Å². The van der Waals surface area contributed by atoms with Crippen LogP contribution in [0, 0.1) is 0 Å². The standard InChI is InChI=1S/C14H26O4Si4/c1-9-13-14-22(8)17-20(6,11-3)15-19(5,10-2)16-21(7,12-4)18-22/h9-14H,1-4H2,5-8H3. The number of allylic oxidation sites excluding steroid dienone is 2. The maximum absolute atomic E-state index is 6.39. The molecule has 0 saturated carbocycles. The van der Waals surface area contributed by atoms with Crippen molar-refractivity contribution in [2.45, 2.75) is 26.2 Å². The minimum atomic E-state index is -2.66. The first-order valence-corrected chi connectivity index (χ1v) is 16.7. The van der Waals surface area contributed by atoms with Gasteiger partial charge in [0.1, 0.15) is 0 Å². The highest BCUT2D eigenvalue weighted by Gasteiger charge is 2.53. The van der Waals surface area contributed by atoms with Gasteiger partial charge in [0, 0.05) is 0 Å². The Morgan fingerprint density at radius 2 is 0.909 bits per heavy atom. The zero-order chi connectivity index (χ0) is 17.1. The fraction of sp³-hybridized carbons (Fsp3) is 0.286. The van der Waals surface area contributed by atoms with Crippen molar-refractivity contribution in [3.05, 3.63) is 61.3 Å². The van der Waals surface area contributed by atoms with Crippen LogP contribution < -0.4 is 0 Å². The Morgan fingerprint density at radius 3 is 1.18 bits per heavy atom. The Kier molecular flexibility index (Phi) is 6.09. The molecule has 8 heteroatoms. The van der Waals surface area contributed by atoms with Crippen molar-refractivity contribution in [2.75, 3.05) is 0 Å². The molecule has 2 atom stereocenters. The largest absolute Gasteiger partial charge is 0.410 e. The van der Waals surface area contributed by atoms with E-state index in [1.807, 2.05) is 38.0 Å². The SMILES string of the molecule is C=CC=C[Si]1(C)O[Si](C)(C=C)O[Si](C)(C=C)O[Si](C)(C=C)O1. The van der Waals surface area contributed by atoms with Crippen LogP contribution in [0.5, 0.6) is 0 Å². The van der Waals surface area contributed by atoms with Crippen LogP contribution in [0.25, 0.3) is 0 Å². The maximum Gasteiger partial charge on any atom is 0.344 e. The van der Waals surface area contributed by atoms with Gasteiger partial charge in [-0.3, -0.25) is 0 Å². The lowest BCUT2D eigenvalue weighted by molar-refractivity contribution is 0.250. The van der Waals surface area contributed by atoms with Gasteiger partial charge in [-0.25, -0.2) is 0 Å². The van der Waals surface area contributed by atoms with Crippen LogP contribution in [-0.4, -0.2) is 34.2 Å². The highest BCUT2D eigenvalue weighted by molar-refractivity contribution is 6.98. The molecular weight excluding hydrogens is 344 g/mol. The summed E-state index contributed by atoms with van der Waals surface area (Å²) in [5, 5.41) is 0. The van der Waals surface area contributed by atoms with Crippen molar-refractivity contribution in [2.24, 2.45) is 0 Å². The molecule has 0 amide bonds. The number of hydrogen-bond donors (Lipinski definition) is 0. The molecule has 1 aliphatic heterocycles. The van der Waals surface area contributed by atoms with Crippen molar-refractivity contribution in [1.29, 1.82) is 0 Å². The molecule has 0 bridgehead atoms. The van der Waals surface area contributed by atoms with Crippen LogP contribution in [0.15, 0.2) is 61.3 Å². The van der Waals surface area contributed by atoms with E-state index in [1.54, 1.807) is 23.2 Å². The van der Waals surface area contributed by atoms with Crippen molar-refractivity contribution in [1.82, 2.24) is 0 Å². The molecule has 0 aromatic rings. The van der Waals surface area contributed by atoms with Crippen LogP contribution in [0.1, 0.15) is 0 Å². The third-order valence-corrected chi connectivity index (χ3v) is 19.3. The Bertz CT molecular complexity index is 481. The topological polar surface area (TPSA) is 36.9 Å². The van der Waals surface area contributed by atoms with Gasteiger partial charge >= 0.3 is 34.2 Å². The van der Waals surface area contributed by atoms with E-state index < -0.39 is 34.2 Å². The van der Waals surface area contributed by atoms with Crippen LogP contribution in [-0.2, 0) is 16.5 Å². The van der Waals surface area contributed by atoms with E-state index in [2.05, 4.69) is 26.3 Å². The minimum Gasteiger partial charge on any atom is -0.410 e. The van der Waals surface area contributed by atoms with Crippen molar-refractivity contribution >= 4 is 34.2 Å². The van der Waals surface area contributed by atoms with Gasteiger partial charge in [0.05, 0.1) is 0 Å². The quantitative estimate of drug-likeness (QED) is 0.545. The summed E-state index contributed by atoms with van der Waals surface area (Å²) in [5.74, 6) is 0. The molecule has 0 spiro atoms. The summed E-state index contributed by atoms with van der Waals surface area (Å²) in [5.41, 5.74) is 7.22. The lowest BCUT2D eigenvalue weighted by Gasteiger charge is -2.46. The second kappa shape index (κ2) is 6.89. The molecule has 1 saturated heterocycles. The van der Waals surface area contributed by atoms with Gasteiger partial charge in [0.15, 0.2) is 0 Å². The molecule has 1 aliphatic rings. The second-order valence-corrected chi connectivity index (χ2v) is 18.6. The lowest BCUT2D eigenvalue weighted by atomic mass is 10.6. The average Bonchev–Trinajstić information content (AvgIpc) is 2.43. The smallest absolute Gasteiger partial charge is 0.344 e. The first-order valence-electron chi connectivity index (χ1n) is 7.09. The van der Waals surface area contributed by atoms with Gasteiger partial charge < -0.3 is 16.5 Å². The summed E-state index contributed by atoms with van der Waals surface area (Å²) in [6.45, 7) is 23.2. The summed E-state index contributed by atoms with van der Waals surface area (Å²) in [6, 6.07) is 0. The highest BCUT2D eigenvalue weighted by atomic mass is 28.5. The van der Waals surface area contributed by atoms with E-state index in [4.69, 9.17) is 16.5 Å². The molecule has 0 aliphatic carbocycles. The molecule has 2 unspecified atom stereocenters. The Labute approximate surface area is 138 Å². The first kappa shape index (κ1) is 19.5. The van der Waals surface area contributed by atoms with Gasteiger partial charge in [0.25, 0.3) is 0 Å². The van der Waals surface area contributed by atoms with E-state index in [0.717, 1.165) is 0 Å². The fourth-order valence-electron chi connectivity index (χ4n) is 2.25. The molecule has 1 heterocycles. The van der Waals surface area contributed by atoms with Crippen molar-refractivity contribution in [3.63, 3.8) is 0 Å². The van der Waals surface area contributed by atoms with E-state index in [0.29, 0.717) is 0 Å².